The SMILES string of the molecule is CC[N+](CC)(CC)OCC1(c2ccccc2)CO1.[Br-]. The Kier molecular flexibility index (Phi) is 5.99. The smallest absolute Gasteiger partial charge is 0.146 e. The van der Waals surface area contributed by atoms with Gasteiger partial charge in [-0.15, -0.1) is 0 Å². The molecule has 19 heavy (non-hydrogen) atoms. The van der Waals surface area contributed by atoms with Crippen molar-refractivity contribution in [3.8, 4) is 0 Å². The minimum Gasteiger partial charge on any atom is -1.00 e. The van der Waals surface area contributed by atoms with Crippen LogP contribution in [0.3, 0.4) is 0 Å². The molecule has 1 unspecified atom stereocenters. The summed E-state index contributed by atoms with van der Waals surface area (Å²) >= 11 is 0. The van der Waals surface area contributed by atoms with Gasteiger partial charge >= 0.3 is 0 Å². The van der Waals surface area contributed by atoms with E-state index in [0.717, 1.165) is 26.2 Å². The van der Waals surface area contributed by atoms with E-state index in [1.165, 1.54) is 5.56 Å². The van der Waals surface area contributed by atoms with Crippen LogP contribution in [0.1, 0.15) is 26.3 Å². The molecule has 1 aromatic carbocycles. The monoisotopic (exact) mass is 329 g/mol. The van der Waals surface area contributed by atoms with Crippen molar-refractivity contribution in [2.45, 2.75) is 26.4 Å². The molecule has 1 heterocycles. The van der Waals surface area contributed by atoms with E-state index < -0.39 is 0 Å². The standard InChI is InChI=1S/C15H24NO2.BrH/c1-4-16(5-2,6-3)18-13-15(12-17-15)14-10-8-7-9-11-14;/h7-11H,4-6,12-13H2,1-3H3;1H/q+1;/p-1. The van der Waals surface area contributed by atoms with Crippen LogP contribution in [0.5, 0.6) is 0 Å². The van der Waals surface area contributed by atoms with Gasteiger partial charge in [0.1, 0.15) is 31.8 Å². The minimum atomic E-state index is -0.190. The van der Waals surface area contributed by atoms with Gasteiger partial charge in [-0.3, -0.25) is 0 Å². The molecule has 1 atom stereocenters. The normalized spacial score (nSPS) is 21.8. The molecule has 1 aromatic rings. The van der Waals surface area contributed by atoms with Gasteiger partial charge < -0.3 is 21.7 Å². The van der Waals surface area contributed by atoms with Crippen molar-refractivity contribution < 1.29 is 31.2 Å². The second kappa shape index (κ2) is 6.84. The molecule has 3 nitrogen and oxygen atoms in total. The Morgan fingerprint density at radius 1 is 1.11 bits per heavy atom. The third kappa shape index (κ3) is 3.57. The fraction of sp³-hybridized carbons (Fsp3) is 0.600. The van der Waals surface area contributed by atoms with Gasteiger partial charge in [0.25, 0.3) is 0 Å². The maximum Gasteiger partial charge on any atom is 0.146 e. The highest BCUT2D eigenvalue weighted by Crippen LogP contribution is 2.39. The number of nitrogens with zero attached hydrogens (tertiary/aromatic N) is 1. The predicted octanol–water partition coefficient (Wildman–Crippen LogP) is -0.276. The highest BCUT2D eigenvalue weighted by Gasteiger charge is 2.49. The molecule has 1 aliphatic rings. The van der Waals surface area contributed by atoms with Gasteiger partial charge in [-0.1, -0.05) is 30.3 Å². The Hall–Kier alpha value is -0.420. The van der Waals surface area contributed by atoms with Crippen LogP contribution < -0.4 is 17.0 Å². The van der Waals surface area contributed by atoms with E-state index >= 15 is 0 Å². The van der Waals surface area contributed by atoms with Gasteiger partial charge in [0.05, 0.1) is 6.61 Å². The summed E-state index contributed by atoms with van der Waals surface area (Å²) in [6, 6.07) is 10.4. The topological polar surface area (TPSA) is 21.8 Å². The van der Waals surface area contributed by atoms with Crippen molar-refractivity contribution in [2.75, 3.05) is 32.8 Å². The van der Waals surface area contributed by atoms with Crippen molar-refractivity contribution in [2.24, 2.45) is 0 Å². The first kappa shape index (κ1) is 16.6. The molecule has 0 bridgehead atoms. The first-order chi connectivity index (χ1) is 8.70. The lowest BCUT2D eigenvalue weighted by molar-refractivity contribution is -1.10. The summed E-state index contributed by atoms with van der Waals surface area (Å²) in [6.45, 7) is 10.9. The average molecular weight is 330 g/mol. The Bertz CT molecular complexity index is 367. The van der Waals surface area contributed by atoms with Gasteiger partial charge in [-0.2, -0.15) is 9.48 Å². The van der Waals surface area contributed by atoms with Crippen molar-refractivity contribution in [1.29, 1.82) is 0 Å². The predicted molar refractivity (Wildman–Crippen MR) is 71.9 cm³/mol. The number of epoxide rings is 1. The van der Waals surface area contributed by atoms with E-state index in [1.54, 1.807) is 0 Å². The van der Waals surface area contributed by atoms with Gasteiger partial charge in [0.2, 0.25) is 0 Å². The number of halogens is 1. The quantitative estimate of drug-likeness (QED) is 0.390. The van der Waals surface area contributed by atoms with E-state index in [2.05, 4.69) is 45.0 Å². The van der Waals surface area contributed by atoms with Crippen molar-refractivity contribution in [1.82, 2.24) is 0 Å². The number of hydrogen-bond donors (Lipinski definition) is 0. The lowest BCUT2D eigenvalue weighted by Gasteiger charge is -2.33. The molecule has 0 N–H and O–H groups in total. The van der Waals surface area contributed by atoms with Crippen LogP contribution in [0.4, 0.5) is 0 Å². The summed E-state index contributed by atoms with van der Waals surface area (Å²) < 4.78 is 6.38. The van der Waals surface area contributed by atoms with Crippen LogP contribution >= 0.6 is 0 Å². The van der Waals surface area contributed by atoms with E-state index in [4.69, 9.17) is 9.57 Å². The second-order valence-corrected chi connectivity index (χ2v) is 4.93. The Morgan fingerprint density at radius 2 is 1.63 bits per heavy atom. The lowest BCUT2D eigenvalue weighted by atomic mass is 10.0. The van der Waals surface area contributed by atoms with Crippen LogP contribution in [-0.2, 0) is 15.2 Å². The van der Waals surface area contributed by atoms with Crippen LogP contribution in [-0.4, -0.2) is 37.5 Å². The van der Waals surface area contributed by atoms with Crippen LogP contribution in [0.25, 0.3) is 0 Å². The molecule has 1 saturated heterocycles. The molecule has 2 rings (SSSR count). The highest BCUT2D eigenvalue weighted by atomic mass is 79.9. The second-order valence-electron chi connectivity index (χ2n) is 4.93. The molecule has 0 spiro atoms. The van der Waals surface area contributed by atoms with Crippen molar-refractivity contribution in [3.63, 3.8) is 0 Å². The first-order valence-electron chi connectivity index (χ1n) is 6.90. The molecule has 0 saturated carbocycles. The summed E-state index contributed by atoms with van der Waals surface area (Å²) in [6.07, 6.45) is 0. The molecular formula is C15H24BrNO2. The number of quaternary nitrogens is 1. The molecule has 0 aromatic heterocycles. The summed E-state index contributed by atoms with van der Waals surface area (Å²) in [5.74, 6) is 0. The largest absolute Gasteiger partial charge is 1.00 e. The van der Waals surface area contributed by atoms with E-state index in [1.807, 2.05) is 6.07 Å². The maximum atomic E-state index is 6.17. The van der Waals surface area contributed by atoms with Crippen LogP contribution in [0, 0.1) is 0 Å². The first-order valence-corrected chi connectivity index (χ1v) is 6.90. The van der Waals surface area contributed by atoms with Gasteiger partial charge in [0.15, 0.2) is 0 Å². The third-order valence-corrected chi connectivity index (χ3v) is 4.09. The fourth-order valence-electron chi connectivity index (χ4n) is 2.35. The molecule has 0 amide bonds. The van der Waals surface area contributed by atoms with E-state index in [9.17, 15) is 0 Å². The molecule has 108 valence electrons. The molecule has 4 heteroatoms. The molecule has 1 aliphatic heterocycles. The van der Waals surface area contributed by atoms with Gasteiger partial charge in [0, 0.05) is 0 Å². The van der Waals surface area contributed by atoms with E-state index in [0.29, 0.717) is 11.3 Å². The summed E-state index contributed by atoms with van der Waals surface area (Å²) in [5.41, 5.74) is 1.04. The zero-order valence-electron chi connectivity index (χ0n) is 12.1. The number of hydrogen-bond acceptors (Lipinski definition) is 2. The zero-order chi connectivity index (χ0) is 13.1. The van der Waals surface area contributed by atoms with Gasteiger partial charge in [-0.05, 0) is 26.3 Å². The van der Waals surface area contributed by atoms with Crippen molar-refractivity contribution in [3.05, 3.63) is 35.9 Å². The summed E-state index contributed by atoms with van der Waals surface area (Å²) in [5, 5.41) is 0. The Balaban J connectivity index is 0.00000180. The number of hydroxylamine groups is 3. The lowest BCUT2D eigenvalue weighted by Crippen LogP contribution is -3.00. The van der Waals surface area contributed by atoms with Gasteiger partial charge in [-0.25, -0.2) is 0 Å². The van der Waals surface area contributed by atoms with Crippen molar-refractivity contribution >= 4 is 0 Å². The number of ether oxygens (including phenoxy) is 1. The van der Waals surface area contributed by atoms with E-state index in [-0.39, 0.29) is 22.6 Å². The molecular weight excluding hydrogens is 306 g/mol. The Morgan fingerprint density at radius 3 is 2.05 bits per heavy atom. The van der Waals surface area contributed by atoms with Crippen LogP contribution in [0.2, 0.25) is 0 Å². The molecule has 0 radical (unpaired) electrons. The Labute approximate surface area is 126 Å². The highest BCUT2D eigenvalue weighted by molar-refractivity contribution is 5.26. The third-order valence-electron chi connectivity index (χ3n) is 4.09. The fourth-order valence-corrected chi connectivity index (χ4v) is 2.35. The zero-order valence-corrected chi connectivity index (χ0v) is 13.6. The average Bonchev–Trinajstić information content (AvgIpc) is 3.23. The summed E-state index contributed by atoms with van der Waals surface area (Å²) in [4.78, 5) is 6.17. The summed E-state index contributed by atoms with van der Waals surface area (Å²) in [7, 11) is 0. The molecule has 0 aliphatic carbocycles. The maximum absolute atomic E-state index is 6.17. The number of rotatable bonds is 7. The molecule has 1 fully saturated rings. The minimum absolute atomic E-state index is 0. The van der Waals surface area contributed by atoms with Crippen LogP contribution in [0.15, 0.2) is 30.3 Å². The number of benzene rings is 1.